The fourth-order valence-corrected chi connectivity index (χ4v) is 5.46. The third-order valence-electron chi connectivity index (χ3n) is 6.76. The molecule has 0 radical (unpaired) electrons. The van der Waals surface area contributed by atoms with Crippen LogP contribution in [-0.2, 0) is 19.3 Å². The van der Waals surface area contributed by atoms with Crippen molar-refractivity contribution >= 4 is 5.91 Å². The van der Waals surface area contributed by atoms with Crippen molar-refractivity contribution in [2.24, 2.45) is 11.8 Å². The van der Waals surface area contributed by atoms with Crippen LogP contribution in [0, 0.1) is 11.8 Å². The Morgan fingerprint density at radius 3 is 2.52 bits per heavy atom. The van der Waals surface area contributed by atoms with Gasteiger partial charge in [-0.1, -0.05) is 18.2 Å². The zero-order valence-corrected chi connectivity index (χ0v) is 16.2. The number of aromatic amines is 1. The van der Waals surface area contributed by atoms with Crippen LogP contribution in [0.4, 0.5) is 13.2 Å². The van der Waals surface area contributed by atoms with E-state index in [0.29, 0.717) is 43.7 Å². The van der Waals surface area contributed by atoms with Crippen molar-refractivity contribution in [3.8, 4) is 0 Å². The Hall–Kier alpha value is -2.35. The van der Waals surface area contributed by atoms with Gasteiger partial charge in [0.15, 0.2) is 5.69 Å². The van der Waals surface area contributed by atoms with Gasteiger partial charge in [-0.25, -0.2) is 0 Å². The molecule has 1 aromatic heterocycles. The number of alkyl halides is 3. The molecule has 5 rings (SSSR count). The maximum absolute atomic E-state index is 13.4. The fraction of sp³-hybridized carbons (Fsp3) is 0.524. The Bertz CT molecular complexity index is 940. The summed E-state index contributed by atoms with van der Waals surface area (Å²) in [4.78, 5) is 17.0. The predicted octanol–water partition coefficient (Wildman–Crippen LogP) is 3.64. The molecule has 1 saturated carbocycles. The molecular formula is C21H23F3N4O. The second-order valence-electron chi connectivity index (χ2n) is 8.69. The normalized spacial score (nSPS) is 26.8. The summed E-state index contributed by atoms with van der Waals surface area (Å²) in [6, 6.07) is 5.92. The highest BCUT2D eigenvalue weighted by Gasteiger charge is 2.45. The van der Waals surface area contributed by atoms with Gasteiger partial charge in [0.2, 0.25) is 0 Å². The molecule has 1 N–H and O–H groups in total. The molecule has 3 aliphatic rings. The van der Waals surface area contributed by atoms with Crippen molar-refractivity contribution in [2.75, 3.05) is 20.1 Å². The number of carbonyl (C=O) groups is 1. The van der Waals surface area contributed by atoms with Crippen LogP contribution >= 0.6 is 0 Å². The number of carbonyl (C=O) groups excluding carboxylic acids is 1. The largest absolute Gasteiger partial charge is 0.416 e. The van der Waals surface area contributed by atoms with Gasteiger partial charge >= 0.3 is 6.18 Å². The summed E-state index contributed by atoms with van der Waals surface area (Å²) in [6.45, 7) is 2.68. The van der Waals surface area contributed by atoms with Crippen LogP contribution in [0.2, 0.25) is 0 Å². The number of likely N-dealkylation sites (tertiary alicyclic amines) is 1. The molecule has 2 fully saturated rings. The Labute approximate surface area is 166 Å². The molecule has 1 saturated heterocycles. The first-order chi connectivity index (χ1) is 13.8. The van der Waals surface area contributed by atoms with Crippen LogP contribution in [0.3, 0.4) is 0 Å². The Morgan fingerprint density at radius 2 is 1.83 bits per heavy atom. The zero-order chi connectivity index (χ0) is 20.3. The van der Waals surface area contributed by atoms with Gasteiger partial charge in [-0.15, -0.1) is 0 Å². The molecule has 1 amide bonds. The van der Waals surface area contributed by atoms with Crippen LogP contribution in [0.15, 0.2) is 24.3 Å². The van der Waals surface area contributed by atoms with Crippen LogP contribution in [0.1, 0.15) is 51.6 Å². The van der Waals surface area contributed by atoms with E-state index in [1.54, 1.807) is 12.1 Å². The minimum Gasteiger partial charge on any atom is -0.337 e. The summed E-state index contributed by atoms with van der Waals surface area (Å²) in [5.41, 5.74) is 2.36. The molecule has 154 valence electrons. The maximum Gasteiger partial charge on any atom is 0.416 e. The quantitative estimate of drug-likeness (QED) is 0.832. The van der Waals surface area contributed by atoms with Gasteiger partial charge in [-0.2, -0.15) is 18.3 Å². The number of halogens is 3. The number of nitrogens with zero attached hydrogens (tertiary/aromatic N) is 3. The van der Waals surface area contributed by atoms with Gasteiger partial charge < -0.3 is 4.90 Å². The lowest BCUT2D eigenvalue weighted by Gasteiger charge is -2.21. The summed E-state index contributed by atoms with van der Waals surface area (Å²) in [6.07, 6.45) is -2.93. The van der Waals surface area contributed by atoms with E-state index in [0.717, 1.165) is 17.8 Å². The number of hydrogen-bond acceptors (Lipinski definition) is 3. The lowest BCUT2D eigenvalue weighted by molar-refractivity contribution is -0.138. The van der Waals surface area contributed by atoms with Gasteiger partial charge in [-0.3, -0.25) is 14.8 Å². The molecule has 3 heterocycles. The average molecular weight is 404 g/mol. The Kier molecular flexibility index (Phi) is 4.24. The van der Waals surface area contributed by atoms with E-state index in [1.165, 1.54) is 12.1 Å². The van der Waals surface area contributed by atoms with E-state index >= 15 is 0 Å². The van der Waals surface area contributed by atoms with Gasteiger partial charge in [-0.05, 0) is 49.3 Å². The third-order valence-corrected chi connectivity index (χ3v) is 6.76. The molecule has 0 spiro atoms. The Morgan fingerprint density at radius 1 is 1.14 bits per heavy atom. The maximum atomic E-state index is 13.4. The molecule has 1 aromatic carbocycles. The molecule has 3 atom stereocenters. The van der Waals surface area contributed by atoms with Crippen LogP contribution < -0.4 is 0 Å². The third kappa shape index (κ3) is 3.13. The van der Waals surface area contributed by atoms with Gasteiger partial charge in [0.05, 0.1) is 11.3 Å². The molecule has 0 bridgehead atoms. The van der Waals surface area contributed by atoms with Crippen molar-refractivity contribution in [1.82, 2.24) is 20.0 Å². The van der Waals surface area contributed by atoms with Crippen LogP contribution in [0.25, 0.3) is 0 Å². The first kappa shape index (κ1) is 18.7. The van der Waals surface area contributed by atoms with E-state index in [9.17, 15) is 18.0 Å². The molecule has 2 aromatic rings. The molecule has 8 heteroatoms. The molecule has 2 aliphatic heterocycles. The SMILES string of the molecule is CN1Cc2[nH]nc(C(=O)N3CC4C[C@@H](c5ccccc5C(F)(F)F)C[C@H]4C3)c2C1. The molecule has 1 aliphatic carbocycles. The number of hydrogen-bond donors (Lipinski definition) is 1. The topological polar surface area (TPSA) is 52.2 Å². The van der Waals surface area contributed by atoms with Crippen molar-refractivity contribution in [3.63, 3.8) is 0 Å². The number of nitrogens with one attached hydrogen (secondary N) is 1. The van der Waals surface area contributed by atoms with Gasteiger partial charge in [0, 0.05) is 31.7 Å². The van der Waals surface area contributed by atoms with Gasteiger partial charge in [0.25, 0.3) is 5.91 Å². The lowest BCUT2D eigenvalue weighted by atomic mass is 9.91. The minimum atomic E-state index is -4.33. The van der Waals surface area contributed by atoms with Crippen molar-refractivity contribution in [2.45, 2.75) is 38.0 Å². The highest BCUT2D eigenvalue weighted by Crippen LogP contribution is 2.49. The highest BCUT2D eigenvalue weighted by atomic mass is 19.4. The summed E-state index contributed by atoms with van der Waals surface area (Å²) >= 11 is 0. The second-order valence-corrected chi connectivity index (χ2v) is 8.69. The summed E-state index contributed by atoms with van der Waals surface area (Å²) in [5, 5.41) is 7.22. The molecule has 5 nitrogen and oxygen atoms in total. The van der Waals surface area contributed by atoms with Crippen molar-refractivity contribution < 1.29 is 18.0 Å². The number of aromatic nitrogens is 2. The molecule has 29 heavy (non-hydrogen) atoms. The van der Waals surface area contributed by atoms with Crippen LogP contribution in [-0.4, -0.2) is 46.0 Å². The first-order valence-electron chi connectivity index (χ1n) is 10.0. The smallest absolute Gasteiger partial charge is 0.337 e. The standard InChI is InChI=1S/C21H23F3N4O/c1-27-10-16-18(11-27)25-26-19(16)20(29)28-8-13-6-12(7-14(13)9-28)15-4-2-3-5-17(15)21(22,23)24/h2-5,12-14H,6-11H2,1H3,(H,25,26)/t12-,13-,14?/m0/s1. The summed E-state index contributed by atoms with van der Waals surface area (Å²) < 4.78 is 40.2. The van der Waals surface area contributed by atoms with Crippen LogP contribution in [0.5, 0.6) is 0 Å². The van der Waals surface area contributed by atoms with E-state index in [4.69, 9.17) is 0 Å². The molecule has 1 unspecified atom stereocenters. The number of rotatable bonds is 2. The average Bonchev–Trinajstić information content (AvgIpc) is 3.39. The van der Waals surface area contributed by atoms with E-state index in [-0.39, 0.29) is 23.7 Å². The molecular weight excluding hydrogens is 381 g/mol. The summed E-state index contributed by atoms with van der Waals surface area (Å²) in [5.74, 6) is 0.350. The van der Waals surface area contributed by atoms with Crippen molar-refractivity contribution in [3.05, 3.63) is 52.3 Å². The first-order valence-corrected chi connectivity index (χ1v) is 10.0. The number of H-pyrrole nitrogens is 1. The number of fused-ring (bicyclic) bond motifs is 2. The zero-order valence-electron chi connectivity index (χ0n) is 16.2. The monoisotopic (exact) mass is 404 g/mol. The second kappa shape index (κ2) is 6.58. The summed E-state index contributed by atoms with van der Waals surface area (Å²) in [7, 11) is 2.00. The number of benzene rings is 1. The Balaban J connectivity index is 1.30. The van der Waals surface area contributed by atoms with E-state index in [1.807, 2.05) is 11.9 Å². The van der Waals surface area contributed by atoms with Gasteiger partial charge in [0.1, 0.15) is 0 Å². The number of amides is 1. The van der Waals surface area contributed by atoms with E-state index < -0.39 is 11.7 Å². The fourth-order valence-electron chi connectivity index (χ4n) is 5.46. The predicted molar refractivity (Wildman–Crippen MR) is 100 cm³/mol. The van der Waals surface area contributed by atoms with Crippen molar-refractivity contribution in [1.29, 1.82) is 0 Å². The minimum absolute atomic E-state index is 0.0561. The van der Waals surface area contributed by atoms with E-state index in [2.05, 4.69) is 15.1 Å². The highest BCUT2D eigenvalue weighted by molar-refractivity contribution is 5.94. The lowest BCUT2D eigenvalue weighted by Crippen LogP contribution is -2.31.